The van der Waals surface area contributed by atoms with Crippen molar-refractivity contribution in [2.24, 2.45) is 0 Å². The average Bonchev–Trinajstić information content (AvgIpc) is 2.37. The lowest BCUT2D eigenvalue weighted by Crippen LogP contribution is -2.35. The Hall–Kier alpha value is -0.910. The number of nitrogens with one attached hydrogen (secondary N) is 1. The van der Waals surface area contributed by atoms with Crippen molar-refractivity contribution in [3.05, 3.63) is 29.8 Å². The summed E-state index contributed by atoms with van der Waals surface area (Å²) in [5, 5.41) is 8.93. The molecule has 0 aromatic heterocycles. The molecule has 1 unspecified atom stereocenters. The van der Waals surface area contributed by atoms with Crippen LogP contribution in [0.25, 0.3) is 0 Å². The fourth-order valence-corrected chi connectivity index (χ4v) is 3.28. The summed E-state index contributed by atoms with van der Waals surface area (Å²) in [5.41, 5.74) is 1.09. The average molecular weight is 299 g/mol. The quantitative estimate of drug-likeness (QED) is 0.848. The molecular formula is C15H25NO3S. The molecule has 0 saturated heterocycles. The molecule has 0 saturated carbocycles. The van der Waals surface area contributed by atoms with Crippen molar-refractivity contribution < 1.29 is 13.5 Å². The summed E-state index contributed by atoms with van der Waals surface area (Å²) >= 11 is 0. The van der Waals surface area contributed by atoms with E-state index in [-0.39, 0.29) is 23.0 Å². The number of benzene rings is 1. The first-order valence-electron chi connectivity index (χ1n) is 6.94. The smallest absolute Gasteiger partial charge is 0.240 e. The summed E-state index contributed by atoms with van der Waals surface area (Å²) in [6.07, 6.45) is 1.08. The van der Waals surface area contributed by atoms with Crippen LogP contribution >= 0.6 is 0 Å². The van der Waals surface area contributed by atoms with Crippen molar-refractivity contribution in [1.29, 1.82) is 0 Å². The van der Waals surface area contributed by atoms with Gasteiger partial charge in [0, 0.05) is 12.6 Å². The lowest BCUT2D eigenvalue weighted by Gasteiger charge is -2.20. The highest BCUT2D eigenvalue weighted by Crippen LogP contribution is 2.23. The lowest BCUT2D eigenvalue weighted by atomic mass is 9.87. The van der Waals surface area contributed by atoms with Crippen LogP contribution < -0.4 is 4.72 Å². The van der Waals surface area contributed by atoms with Crippen molar-refractivity contribution in [2.45, 2.75) is 56.9 Å². The Morgan fingerprint density at radius 3 is 2.15 bits per heavy atom. The fourth-order valence-electron chi connectivity index (χ4n) is 1.92. The molecule has 0 aliphatic heterocycles. The third-order valence-corrected chi connectivity index (χ3v) is 4.86. The molecule has 114 valence electrons. The van der Waals surface area contributed by atoms with Crippen LogP contribution in [-0.2, 0) is 15.4 Å². The highest BCUT2D eigenvalue weighted by Gasteiger charge is 2.20. The first-order valence-corrected chi connectivity index (χ1v) is 8.42. The number of hydrogen-bond donors (Lipinski definition) is 2. The summed E-state index contributed by atoms with van der Waals surface area (Å²) < 4.78 is 27.1. The van der Waals surface area contributed by atoms with Gasteiger partial charge < -0.3 is 5.11 Å². The molecule has 1 atom stereocenters. The first kappa shape index (κ1) is 17.1. The molecule has 0 amide bonds. The van der Waals surface area contributed by atoms with E-state index < -0.39 is 10.0 Å². The summed E-state index contributed by atoms with van der Waals surface area (Å²) in [6, 6.07) is 6.74. The molecule has 0 aliphatic carbocycles. The Balaban J connectivity index is 2.93. The van der Waals surface area contributed by atoms with Gasteiger partial charge in [0.15, 0.2) is 0 Å². The van der Waals surface area contributed by atoms with Crippen LogP contribution in [0.15, 0.2) is 29.2 Å². The van der Waals surface area contributed by atoms with E-state index in [4.69, 9.17) is 5.11 Å². The molecule has 0 radical (unpaired) electrons. The predicted octanol–water partition coefficient (Wildman–Crippen LogP) is 2.42. The van der Waals surface area contributed by atoms with Crippen LogP contribution in [0, 0.1) is 0 Å². The standard InChI is InChI=1S/C15H25NO3S/c1-5-13(10-11-17)16-20(18,19)14-8-6-12(7-9-14)15(2,3)4/h6-9,13,16-17H,5,10-11H2,1-4H3. The van der Waals surface area contributed by atoms with Crippen LogP contribution in [-0.4, -0.2) is 26.2 Å². The summed E-state index contributed by atoms with van der Waals surface area (Å²) in [7, 11) is -3.52. The lowest BCUT2D eigenvalue weighted by molar-refractivity contribution is 0.270. The molecule has 4 nitrogen and oxygen atoms in total. The maximum atomic E-state index is 12.2. The second-order valence-electron chi connectivity index (χ2n) is 6.01. The molecule has 1 aromatic carbocycles. The Kier molecular flexibility index (Phi) is 5.74. The van der Waals surface area contributed by atoms with Crippen LogP contribution in [0.1, 0.15) is 46.1 Å². The molecular weight excluding hydrogens is 274 g/mol. The van der Waals surface area contributed by atoms with E-state index in [2.05, 4.69) is 25.5 Å². The number of rotatable bonds is 6. The minimum atomic E-state index is -3.52. The van der Waals surface area contributed by atoms with Gasteiger partial charge >= 0.3 is 0 Å². The van der Waals surface area contributed by atoms with Crippen molar-refractivity contribution in [3.8, 4) is 0 Å². The SMILES string of the molecule is CCC(CCO)NS(=O)(=O)c1ccc(C(C)(C)C)cc1. The molecule has 0 heterocycles. The van der Waals surface area contributed by atoms with Crippen LogP contribution in [0.5, 0.6) is 0 Å². The highest BCUT2D eigenvalue weighted by atomic mass is 32.2. The van der Waals surface area contributed by atoms with Gasteiger partial charge in [-0.05, 0) is 36.0 Å². The van der Waals surface area contributed by atoms with Crippen molar-refractivity contribution in [1.82, 2.24) is 4.72 Å². The molecule has 0 spiro atoms. The molecule has 1 rings (SSSR count). The Morgan fingerprint density at radius 2 is 1.75 bits per heavy atom. The van der Waals surface area contributed by atoms with E-state index in [0.29, 0.717) is 12.8 Å². The van der Waals surface area contributed by atoms with Crippen molar-refractivity contribution in [2.75, 3.05) is 6.61 Å². The van der Waals surface area contributed by atoms with Gasteiger partial charge in [0.05, 0.1) is 4.90 Å². The minimum Gasteiger partial charge on any atom is -0.396 e. The third kappa shape index (κ3) is 4.58. The molecule has 1 aromatic rings. The third-order valence-electron chi connectivity index (χ3n) is 3.32. The Labute approximate surface area is 122 Å². The minimum absolute atomic E-state index is 0.00143. The zero-order valence-corrected chi connectivity index (χ0v) is 13.5. The molecule has 20 heavy (non-hydrogen) atoms. The van der Waals surface area contributed by atoms with Gasteiger partial charge in [0.1, 0.15) is 0 Å². The second-order valence-corrected chi connectivity index (χ2v) is 7.73. The van der Waals surface area contributed by atoms with Gasteiger partial charge in [0.25, 0.3) is 0 Å². The first-order chi connectivity index (χ1) is 9.20. The molecule has 0 bridgehead atoms. The van der Waals surface area contributed by atoms with Gasteiger partial charge in [-0.25, -0.2) is 13.1 Å². The molecule has 2 N–H and O–H groups in total. The van der Waals surface area contributed by atoms with E-state index in [1.54, 1.807) is 12.1 Å². The van der Waals surface area contributed by atoms with E-state index in [0.717, 1.165) is 5.56 Å². The van der Waals surface area contributed by atoms with Crippen molar-refractivity contribution >= 4 is 10.0 Å². The molecule has 0 aliphatic rings. The molecule has 5 heteroatoms. The van der Waals surface area contributed by atoms with Gasteiger partial charge in [-0.1, -0.05) is 39.8 Å². The Bertz CT molecular complexity index is 515. The summed E-state index contributed by atoms with van der Waals surface area (Å²) in [5.74, 6) is 0. The highest BCUT2D eigenvalue weighted by molar-refractivity contribution is 7.89. The zero-order valence-electron chi connectivity index (χ0n) is 12.7. The number of hydrogen-bond acceptors (Lipinski definition) is 3. The zero-order chi connectivity index (χ0) is 15.4. The van der Waals surface area contributed by atoms with Gasteiger partial charge in [-0.3, -0.25) is 0 Å². The number of aliphatic hydroxyl groups is 1. The largest absolute Gasteiger partial charge is 0.396 e. The second kappa shape index (κ2) is 6.70. The summed E-state index contributed by atoms with van der Waals surface area (Å²) in [4.78, 5) is 0.266. The normalized spacial score (nSPS) is 14.2. The fraction of sp³-hybridized carbons (Fsp3) is 0.600. The summed E-state index contributed by atoms with van der Waals surface area (Å²) in [6.45, 7) is 8.13. The maximum Gasteiger partial charge on any atom is 0.240 e. The van der Waals surface area contributed by atoms with Gasteiger partial charge in [0.2, 0.25) is 10.0 Å². The van der Waals surface area contributed by atoms with E-state index >= 15 is 0 Å². The topological polar surface area (TPSA) is 66.4 Å². The van der Waals surface area contributed by atoms with Gasteiger partial charge in [-0.15, -0.1) is 0 Å². The van der Waals surface area contributed by atoms with E-state index in [1.807, 2.05) is 19.1 Å². The maximum absolute atomic E-state index is 12.2. The molecule has 0 fully saturated rings. The van der Waals surface area contributed by atoms with Crippen molar-refractivity contribution in [3.63, 3.8) is 0 Å². The van der Waals surface area contributed by atoms with Gasteiger partial charge in [-0.2, -0.15) is 0 Å². The number of aliphatic hydroxyl groups excluding tert-OH is 1. The van der Waals surface area contributed by atoms with E-state index in [9.17, 15) is 8.42 Å². The monoisotopic (exact) mass is 299 g/mol. The van der Waals surface area contributed by atoms with Crippen LogP contribution in [0.3, 0.4) is 0 Å². The van der Waals surface area contributed by atoms with Crippen LogP contribution in [0.2, 0.25) is 0 Å². The predicted molar refractivity (Wildman–Crippen MR) is 81.2 cm³/mol. The number of sulfonamides is 1. The van der Waals surface area contributed by atoms with E-state index in [1.165, 1.54) is 0 Å². The van der Waals surface area contributed by atoms with Crippen LogP contribution in [0.4, 0.5) is 0 Å². The Morgan fingerprint density at radius 1 is 1.20 bits per heavy atom.